The lowest BCUT2D eigenvalue weighted by molar-refractivity contribution is 0.176. The van der Waals surface area contributed by atoms with Crippen LogP contribution in [0.2, 0.25) is 0 Å². The SMILES string of the molecule is C.COCc1cnc2n1C[C@H](C(c1ccccc1)c1ccccc1)n1ccc(=O)c(O)c1-2.COCc1cnc2n1C[C@H](C(c1ccccc1)c1ccccc1)n1ccc(=O)c(OCc3ccccc3)c1-2.O=c1ccn2c(c1OCc1ccccc1)-c1ncc(CO)n1C[C@@H]2C(c1ccccc1)c1ccccc1. The van der Waals surface area contributed by atoms with Crippen LogP contribution < -0.4 is 25.8 Å². The summed E-state index contributed by atoms with van der Waals surface area (Å²) < 4.78 is 35.9. The second-order valence-corrected chi connectivity index (χ2v) is 26.5. The van der Waals surface area contributed by atoms with Crippen LogP contribution in [-0.2, 0) is 62.1 Å². The van der Waals surface area contributed by atoms with Crippen molar-refractivity contribution < 1.29 is 29.2 Å². The molecule has 0 spiro atoms. The van der Waals surface area contributed by atoms with Crippen LogP contribution >= 0.6 is 0 Å². The fourth-order valence-electron chi connectivity index (χ4n) is 15.4. The van der Waals surface area contributed by atoms with Gasteiger partial charge in [0, 0.05) is 88.4 Å². The van der Waals surface area contributed by atoms with E-state index in [-0.39, 0.29) is 78.9 Å². The minimum atomic E-state index is -0.411. The lowest BCUT2D eigenvalue weighted by atomic mass is 9.83. The normalized spacial score (nSPS) is 14.3. The quantitative estimate of drug-likeness (QED) is 0.0733. The number of ether oxygens (including phenoxy) is 4. The highest BCUT2D eigenvalue weighted by molar-refractivity contribution is 5.65. The molecule has 0 aliphatic carbocycles. The van der Waals surface area contributed by atoms with Crippen molar-refractivity contribution in [3.05, 3.63) is 390 Å². The Kier molecular flexibility index (Phi) is 21.8. The Balaban J connectivity index is 0.000000135. The van der Waals surface area contributed by atoms with E-state index in [2.05, 4.69) is 150 Å². The van der Waals surface area contributed by atoms with Crippen LogP contribution in [0.15, 0.2) is 312 Å². The van der Waals surface area contributed by atoms with Crippen molar-refractivity contribution >= 4 is 0 Å². The summed E-state index contributed by atoms with van der Waals surface area (Å²) in [5, 5.41) is 20.9. The molecule has 9 heterocycles. The van der Waals surface area contributed by atoms with E-state index in [4.69, 9.17) is 23.9 Å². The Bertz CT molecular complexity index is 5360. The number of aromatic hydroxyl groups is 1. The summed E-state index contributed by atoms with van der Waals surface area (Å²) in [4.78, 5) is 52.7. The van der Waals surface area contributed by atoms with Gasteiger partial charge in [0.05, 0.1) is 73.6 Å². The summed E-state index contributed by atoms with van der Waals surface area (Å²) in [6.45, 7) is 3.16. The molecule has 14 aromatic rings. The summed E-state index contributed by atoms with van der Waals surface area (Å²) >= 11 is 0. The molecule has 3 aliphatic rings. The predicted molar refractivity (Wildman–Crippen MR) is 414 cm³/mol. The van der Waals surface area contributed by atoms with Gasteiger partial charge in [0.2, 0.25) is 16.3 Å². The number of aliphatic hydroxyl groups excluding tert-OH is 1. The monoisotopic (exact) mass is 1420 g/mol. The summed E-state index contributed by atoms with van der Waals surface area (Å²) in [7, 11) is 3.33. The summed E-state index contributed by atoms with van der Waals surface area (Å²) in [6, 6.07) is 86.7. The van der Waals surface area contributed by atoms with Crippen LogP contribution in [-0.4, -0.2) is 66.8 Å². The molecule has 538 valence electrons. The first kappa shape index (κ1) is 71.5. The van der Waals surface area contributed by atoms with Gasteiger partial charge in [-0.1, -0.05) is 250 Å². The molecular formula is C89H83N9O9. The van der Waals surface area contributed by atoms with Gasteiger partial charge < -0.3 is 56.6 Å². The summed E-state index contributed by atoms with van der Waals surface area (Å²) in [6.07, 6.45) is 10.8. The Morgan fingerprint density at radius 3 is 0.944 bits per heavy atom. The molecule has 3 atom stereocenters. The molecule has 18 nitrogen and oxygen atoms in total. The van der Waals surface area contributed by atoms with Gasteiger partial charge in [-0.2, -0.15) is 0 Å². The first-order valence-electron chi connectivity index (χ1n) is 35.5. The van der Waals surface area contributed by atoms with Crippen LogP contribution in [0.1, 0.15) is 105 Å². The van der Waals surface area contributed by atoms with Crippen molar-refractivity contribution in [1.29, 1.82) is 0 Å². The molecule has 0 unspecified atom stereocenters. The van der Waals surface area contributed by atoms with Crippen LogP contribution in [0.25, 0.3) is 34.6 Å². The van der Waals surface area contributed by atoms with Crippen molar-refractivity contribution in [2.24, 2.45) is 0 Å². The third-order valence-corrected chi connectivity index (χ3v) is 20.2. The van der Waals surface area contributed by atoms with Gasteiger partial charge in [-0.25, -0.2) is 15.0 Å². The molecule has 0 fully saturated rings. The van der Waals surface area contributed by atoms with Gasteiger partial charge >= 0.3 is 0 Å². The number of hydrogen-bond acceptors (Lipinski definition) is 12. The van der Waals surface area contributed by atoms with Gasteiger partial charge in [-0.3, -0.25) is 14.4 Å². The molecule has 0 bridgehead atoms. The molecule has 0 saturated heterocycles. The molecule has 107 heavy (non-hydrogen) atoms. The van der Waals surface area contributed by atoms with Gasteiger partial charge in [-0.05, 0) is 44.5 Å². The Labute approximate surface area is 620 Å². The molecule has 18 heteroatoms. The Morgan fingerprint density at radius 2 is 0.636 bits per heavy atom. The number of pyridine rings is 3. The Morgan fingerprint density at radius 1 is 0.364 bits per heavy atom. The number of rotatable bonds is 20. The largest absolute Gasteiger partial charge is 0.503 e. The van der Waals surface area contributed by atoms with Crippen molar-refractivity contribution in [3.63, 3.8) is 0 Å². The number of benzene rings is 8. The first-order chi connectivity index (χ1) is 52.2. The fourth-order valence-corrected chi connectivity index (χ4v) is 15.4. The number of imidazole rings is 3. The molecule has 0 saturated carbocycles. The van der Waals surface area contributed by atoms with E-state index in [1.807, 2.05) is 149 Å². The molecular weight excluding hydrogens is 1340 g/mol. The van der Waals surface area contributed by atoms with Crippen molar-refractivity contribution in [2.75, 3.05) is 14.2 Å². The standard InChI is InChI=1S/C32H29N3O3.C31H27N3O3.C25H23N3O3.CH4/c1-37-22-26-19-33-32-30-31(38-21-23-11-5-2-6-12-23)28(36)17-18-34(30)27(20-35(26)32)29(24-13-7-3-8-14-24)25-15-9-4-10-16-25;35-20-25-18-32-31-29-30(37-21-22-10-4-1-5-11-22)27(36)16-17-33(29)26(19-34(25)31)28(23-12-6-2-7-13-23)24-14-8-3-9-15-24;1-31-16-19-14-26-25-23-24(30)21(29)12-13-27(23)20(15-28(19)25)22(17-8-4-2-5-9-17)18-10-6-3-7-11-18;/h2-19,27,29H,20-22H2,1H3;1-18,26,28,35H,19-21H2;2-14,20,22,30H,15-16H2,1H3;1H4/t27-;26-;20-;/m111./s1. The third-order valence-electron chi connectivity index (χ3n) is 20.2. The molecule has 6 aromatic heterocycles. The van der Waals surface area contributed by atoms with E-state index >= 15 is 0 Å². The van der Waals surface area contributed by atoms with Gasteiger partial charge in [0.25, 0.3) is 0 Å². The van der Waals surface area contributed by atoms with Crippen molar-refractivity contribution in [3.8, 4) is 51.8 Å². The number of fused-ring (bicyclic) bond motifs is 9. The minimum Gasteiger partial charge on any atom is -0.503 e. The maximum Gasteiger partial charge on any atom is 0.224 e. The van der Waals surface area contributed by atoms with E-state index in [1.165, 1.54) is 39.4 Å². The highest BCUT2D eigenvalue weighted by Crippen LogP contribution is 2.48. The maximum atomic E-state index is 13.3. The average Bonchev–Trinajstić information content (AvgIpc) is 1.70. The zero-order valence-corrected chi connectivity index (χ0v) is 58.7. The summed E-state index contributed by atoms with van der Waals surface area (Å²) in [5.74, 6) is 2.27. The lowest BCUT2D eigenvalue weighted by Crippen LogP contribution is -2.32. The van der Waals surface area contributed by atoms with Gasteiger partial charge in [0.1, 0.15) is 30.3 Å². The fraction of sp³-hybridized carbons (Fsp3) is 0.191. The van der Waals surface area contributed by atoms with Crippen LogP contribution in [0.4, 0.5) is 0 Å². The smallest absolute Gasteiger partial charge is 0.224 e. The van der Waals surface area contributed by atoms with Gasteiger partial charge in [-0.15, -0.1) is 0 Å². The first-order valence-corrected chi connectivity index (χ1v) is 35.5. The van der Waals surface area contributed by atoms with E-state index < -0.39 is 5.43 Å². The number of hydrogen-bond donors (Lipinski definition) is 2. The van der Waals surface area contributed by atoms with Gasteiger partial charge in [0.15, 0.2) is 34.7 Å². The number of methoxy groups -OCH3 is 2. The second-order valence-electron chi connectivity index (χ2n) is 26.5. The molecule has 8 aromatic carbocycles. The predicted octanol–water partition coefficient (Wildman–Crippen LogP) is 15.6. The van der Waals surface area contributed by atoms with Crippen LogP contribution in [0.3, 0.4) is 0 Å². The molecule has 2 N–H and O–H groups in total. The lowest BCUT2D eigenvalue weighted by Gasteiger charge is -2.37. The minimum absolute atomic E-state index is 0. The Hall–Kier alpha value is -12.5. The number of aliphatic hydroxyl groups is 1. The molecule has 0 amide bonds. The van der Waals surface area contributed by atoms with Crippen LogP contribution in [0, 0.1) is 0 Å². The number of nitrogens with zero attached hydrogens (tertiary/aromatic N) is 9. The summed E-state index contributed by atoms with van der Waals surface area (Å²) in [5.41, 5.74) is 12.6. The second kappa shape index (κ2) is 32.7. The highest BCUT2D eigenvalue weighted by atomic mass is 16.5. The zero-order chi connectivity index (χ0) is 72.5. The highest BCUT2D eigenvalue weighted by Gasteiger charge is 2.40. The van der Waals surface area contributed by atoms with E-state index in [9.17, 15) is 24.6 Å². The van der Waals surface area contributed by atoms with E-state index in [0.29, 0.717) is 85.5 Å². The van der Waals surface area contributed by atoms with Crippen molar-refractivity contribution in [1.82, 2.24) is 42.4 Å². The zero-order valence-electron chi connectivity index (χ0n) is 58.7. The van der Waals surface area contributed by atoms with E-state index in [1.54, 1.807) is 44.9 Å². The molecule has 3 aliphatic heterocycles. The van der Waals surface area contributed by atoms with Crippen LogP contribution in [0.5, 0.6) is 17.2 Å². The number of aromatic nitrogens is 9. The van der Waals surface area contributed by atoms with Crippen molar-refractivity contribution in [2.45, 2.75) is 96.0 Å². The molecule has 0 radical (unpaired) electrons. The maximum absolute atomic E-state index is 13.3. The third kappa shape index (κ3) is 14.6. The average molecular weight is 1420 g/mol. The molecule has 17 rings (SSSR count). The topological polar surface area (TPSA) is 197 Å². The van der Waals surface area contributed by atoms with E-state index in [0.717, 1.165) is 22.5 Å².